The van der Waals surface area contributed by atoms with Crippen molar-refractivity contribution in [2.24, 2.45) is 5.92 Å². The highest BCUT2D eigenvalue weighted by atomic mass is 16.6. The van der Waals surface area contributed by atoms with Crippen LogP contribution in [0.5, 0.6) is 0 Å². The van der Waals surface area contributed by atoms with Gasteiger partial charge in [0.2, 0.25) is 0 Å². The summed E-state index contributed by atoms with van der Waals surface area (Å²) in [7, 11) is 0. The first-order valence-corrected chi connectivity index (χ1v) is 8.65. The van der Waals surface area contributed by atoms with E-state index in [0.29, 0.717) is 6.42 Å². The summed E-state index contributed by atoms with van der Waals surface area (Å²) in [6, 6.07) is 14.4. The molecule has 0 radical (unpaired) electrons. The maximum Gasteiger partial charge on any atom is 0.269 e. The highest BCUT2D eigenvalue weighted by Crippen LogP contribution is 2.35. The Balaban J connectivity index is 1.93. The van der Waals surface area contributed by atoms with Gasteiger partial charge in [0.1, 0.15) is 5.78 Å². The molecular formula is C20H22N2O3. The number of anilines is 1. The van der Waals surface area contributed by atoms with Crippen molar-refractivity contribution in [1.82, 2.24) is 0 Å². The Morgan fingerprint density at radius 1 is 1.16 bits per heavy atom. The largest absolute Gasteiger partial charge is 0.377 e. The minimum atomic E-state index is -0.404. The molecule has 130 valence electrons. The van der Waals surface area contributed by atoms with Crippen molar-refractivity contribution in [3.63, 3.8) is 0 Å². The minimum Gasteiger partial charge on any atom is -0.377 e. The summed E-state index contributed by atoms with van der Waals surface area (Å²) < 4.78 is 0. The zero-order chi connectivity index (χ0) is 17.8. The molecule has 0 aliphatic heterocycles. The van der Waals surface area contributed by atoms with E-state index < -0.39 is 4.92 Å². The Bertz CT molecular complexity index is 771. The van der Waals surface area contributed by atoms with E-state index in [0.717, 1.165) is 36.1 Å². The van der Waals surface area contributed by atoms with E-state index in [1.54, 1.807) is 12.1 Å². The standard InChI is InChI=1S/C20H22N2O3/c1-14-5-4-6-16(13-14)21-20(18-7-2-3-8-19(18)23)15-9-11-17(12-10-15)22(24)25/h4-6,9-13,18,20-21H,2-3,7-8H2,1H3/t18-,20+/m1/s1. The van der Waals surface area contributed by atoms with Gasteiger partial charge < -0.3 is 5.32 Å². The number of ketones is 1. The summed E-state index contributed by atoms with van der Waals surface area (Å²) in [4.78, 5) is 23.0. The predicted octanol–water partition coefficient (Wildman–Crippen LogP) is 4.82. The lowest BCUT2D eigenvalue weighted by Gasteiger charge is -2.31. The molecule has 2 atom stereocenters. The van der Waals surface area contributed by atoms with Crippen molar-refractivity contribution in [3.8, 4) is 0 Å². The van der Waals surface area contributed by atoms with Crippen molar-refractivity contribution < 1.29 is 9.72 Å². The lowest BCUT2D eigenvalue weighted by atomic mass is 9.80. The predicted molar refractivity (Wildman–Crippen MR) is 97.6 cm³/mol. The van der Waals surface area contributed by atoms with Crippen LogP contribution in [0.25, 0.3) is 0 Å². The quantitative estimate of drug-likeness (QED) is 0.627. The molecule has 0 unspecified atom stereocenters. The number of nitrogens with zero attached hydrogens (tertiary/aromatic N) is 1. The normalized spacial score (nSPS) is 18.6. The maximum atomic E-state index is 12.5. The second-order valence-corrected chi connectivity index (χ2v) is 6.66. The summed E-state index contributed by atoms with van der Waals surface area (Å²) >= 11 is 0. The number of hydrogen-bond donors (Lipinski definition) is 1. The van der Waals surface area contributed by atoms with Gasteiger partial charge in [0, 0.05) is 30.2 Å². The highest BCUT2D eigenvalue weighted by Gasteiger charge is 2.31. The number of non-ortho nitro benzene ring substituents is 1. The van der Waals surface area contributed by atoms with Gasteiger partial charge in [0.05, 0.1) is 11.0 Å². The smallest absolute Gasteiger partial charge is 0.269 e. The van der Waals surface area contributed by atoms with Gasteiger partial charge in [0.25, 0.3) is 5.69 Å². The summed E-state index contributed by atoms with van der Waals surface area (Å²) in [6.45, 7) is 2.03. The van der Waals surface area contributed by atoms with Gasteiger partial charge in [-0.05, 0) is 43.0 Å². The zero-order valence-electron chi connectivity index (χ0n) is 14.3. The van der Waals surface area contributed by atoms with Crippen LogP contribution in [0.2, 0.25) is 0 Å². The molecule has 2 aromatic rings. The van der Waals surface area contributed by atoms with Gasteiger partial charge in [-0.2, -0.15) is 0 Å². The topological polar surface area (TPSA) is 72.2 Å². The van der Waals surface area contributed by atoms with E-state index in [1.165, 1.54) is 12.1 Å². The van der Waals surface area contributed by atoms with Crippen LogP contribution in [-0.4, -0.2) is 10.7 Å². The van der Waals surface area contributed by atoms with Crippen molar-refractivity contribution in [2.75, 3.05) is 5.32 Å². The van der Waals surface area contributed by atoms with Crippen LogP contribution >= 0.6 is 0 Å². The summed E-state index contributed by atoms with van der Waals surface area (Å²) in [5.74, 6) is 0.172. The Morgan fingerprint density at radius 3 is 2.56 bits per heavy atom. The number of carbonyl (C=O) groups excluding carboxylic acids is 1. The molecule has 0 heterocycles. The van der Waals surface area contributed by atoms with Crippen LogP contribution in [0, 0.1) is 23.0 Å². The maximum absolute atomic E-state index is 12.5. The van der Waals surface area contributed by atoms with Gasteiger partial charge >= 0.3 is 0 Å². The SMILES string of the molecule is Cc1cccc(N[C@@H](c2ccc([N+](=O)[O-])cc2)[C@@H]2CCCCC2=O)c1. The molecule has 0 bridgehead atoms. The monoisotopic (exact) mass is 338 g/mol. The summed E-state index contributed by atoms with van der Waals surface area (Å²) in [5.41, 5.74) is 3.07. The molecule has 1 aliphatic rings. The number of nitro benzene ring substituents is 1. The summed E-state index contributed by atoms with van der Waals surface area (Å²) in [6.07, 6.45) is 3.45. The molecule has 1 saturated carbocycles. The number of benzene rings is 2. The Hall–Kier alpha value is -2.69. The highest BCUT2D eigenvalue weighted by molar-refractivity contribution is 5.83. The Morgan fingerprint density at radius 2 is 1.92 bits per heavy atom. The number of nitrogens with one attached hydrogen (secondary N) is 1. The lowest BCUT2D eigenvalue weighted by Crippen LogP contribution is -2.30. The van der Waals surface area contributed by atoms with Crippen LogP contribution in [0.3, 0.4) is 0 Å². The number of hydrogen-bond acceptors (Lipinski definition) is 4. The molecular weight excluding hydrogens is 316 g/mol. The fourth-order valence-corrected chi connectivity index (χ4v) is 3.50. The van der Waals surface area contributed by atoms with E-state index in [-0.39, 0.29) is 23.4 Å². The van der Waals surface area contributed by atoms with E-state index in [1.807, 2.05) is 31.2 Å². The molecule has 25 heavy (non-hydrogen) atoms. The third kappa shape index (κ3) is 4.05. The molecule has 1 N–H and O–H groups in total. The Labute approximate surface area is 147 Å². The van der Waals surface area contributed by atoms with Crippen LogP contribution < -0.4 is 5.32 Å². The van der Waals surface area contributed by atoms with Gasteiger partial charge in [-0.1, -0.05) is 30.7 Å². The molecule has 1 fully saturated rings. The number of nitro groups is 1. The first kappa shape index (κ1) is 17.1. The van der Waals surface area contributed by atoms with Gasteiger partial charge in [0.15, 0.2) is 0 Å². The summed E-state index contributed by atoms with van der Waals surface area (Å²) in [5, 5.41) is 14.4. The van der Waals surface area contributed by atoms with Gasteiger partial charge in [-0.3, -0.25) is 14.9 Å². The number of rotatable bonds is 5. The number of Topliss-reactive ketones (excluding diaryl/α,β-unsaturated/α-hetero) is 1. The molecule has 0 saturated heterocycles. The van der Waals surface area contributed by atoms with Crippen molar-refractivity contribution >= 4 is 17.2 Å². The minimum absolute atomic E-state index is 0.0630. The first-order valence-electron chi connectivity index (χ1n) is 8.65. The molecule has 2 aromatic carbocycles. The second kappa shape index (κ2) is 7.47. The van der Waals surface area contributed by atoms with Crippen molar-refractivity contribution in [3.05, 3.63) is 69.8 Å². The van der Waals surface area contributed by atoms with Gasteiger partial charge in [-0.15, -0.1) is 0 Å². The number of carbonyl (C=O) groups is 1. The first-order chi connectivity index (χ1) is 12.0. The molecule has 1 aliphatic carbocycles. The van der Waals surface area contributed by atoms with E-state index in [4.69, 9.17) is 0 Å². The van der Waals surface area contributed by atoms with E-state index >= 15 is 0 Å². The molecule has 0 spiro atoms. The van der Waals surface area contributed by atoms with Crippen LogP contribution in [0.4, 0.5) is 11.4 Å². The van der Waals surface area contributed by atoms with E-state index in [2.05, 4.69) is 5.32 Å². The molecule has 3 rings (SSSR count). The second-order valence-electron chi connectivity index (χ2n) is 6.66. The average molecular weight is 338 g/mol. The number of aryl methyl sites for hydroxylation is 1. The Kier molecular flexibility index (Phi) is 5.12. The lowest BCUT2D eigenvalue weighted by molar-refractivity contribution is -0.384. The van der Waals surface area contributed by atoms with Crippen LogP contribution in [-0.2, 0) is 4.79 Å². The van der Waals surface area contributed by atoms with Crippen molar-refractivity contribution in [2.45, 2.75) is 38.6 Å². The third-order valence-corrected chi connectivity index (χ3v) is 4.81. The van der Waals surface area contributed by atoms with Gasteiger partial charge in [-0.25, -0.2) is 0 Å². The molecule has 5 nitrogen and oxygen atoms in total. The van der Waals surface area contributed by atoms with Crippen LogP contribution in [0.1, 0.15) is 42.9 Å². The third-order valence-electron chi connectivity index (χ3n) is 4.81. The zero-order valence-corrected chi connectivity index (χ0v) is 14.3. The average Bonchev–Trinajstić information content (AvgIpc) is 2.61. The molecule has 0 amide bonds. The van der Waals surface area contributed by atoms with E-state index in [9.17, 15) is 14.9 Å². The fourth-order valence-electron chi connectivity index (χ4n) is 3.50. The van der Waals surface area contributed by atoms with Crippen molar-refractivity contribution in [1.29, 1.82) is 0 Å². The molecule has 5 heteroatoms. The van der Waals surface area contributed by atoms with Crippen LogP contribution in [0.15, 0.2) is 48.5 Å². The fraction of sp³-hybridized carbons (Fsp3) is 0.350. The molecule has 0 aromatic heterocycles.